The zero-order valence-electron chi connectivity index (χ0n) is 24.7. The van der Waals surface area contributed by atoms with Crippen LogP contribution >= 0.6 is 0 Å². The van der Waals surface area contributed by atoms with Crippen molar-refractivity contribution in [3.05, 3.63) is 175 Å². The number of allylic oxidation sites excluding steroid dienone is 2. The highest BCUT2D eigenvalue weighted by Crippen LogP contribution is 2.41. The predicted octanol–water partition coefficient (Wildman–Crippen LogP) is 11.7. The summed E-state index contributed by atoms with van der Waals surface area (Å²) in [6, 6.07) is 53.1. The van der Waals surface area contributed by atoms with Gasteiger partial charge in [-0.25, -0.2) is 0 Å². The van der Waals surface area contributed by atoms with Crippen molar-refractivity contribution in [3.8, 4) is 27.9 Å². The first-order chi connectivity index (χ1) is 22.3. The molecule has 0 unspecified atom stereocenters. The molecule has 0 saturated carbocycles. The van der Waals surface area contributed by atoms with E-state index in [1.807, 2.05) is 0 Å². The van der Waals surface area contributed by atoms with Crippen LogP contribution in [-0.2, 0) is 0 Å². The summed E-state index contributed by atoms with van der Waals surface area (Å²) in [4.78, 5) is 0. The van der Waals surface area contributed by atoms with Gasteiger partial charge in [-0.15, -0.1) is 18.3 Å². The minimum absolute atomic E-state index is 0.732. The van der Waals surface area contributed by atoms with E-state index < -0.39 is 0 Å². The number of nitrogens with zero attached hydrogens (tertiary/aromatic N) is 2. The van der Waals surface area contributed by atoms with Gasteiger partial charge in [0.2, 0.25) is 0 Å². The molecule has 7 aromatic carbocycles. The molecule has 1 aromatic heterocycles. The maximum atomic E-state index is 4.73. The topological polar surface area (TPSA) is 19.0 Å². The smallest absolute Gasteiger partial charge is 0.0619 e. The SMILES string of the molecule is C1=CC[N-]C(c2ccc3c(ccc4c5ccc(-c6ccc(-c7ccccc7)cc6)cc5n(-c5cccc6ccccc56)c34)c2)=C1. The van der Waals surface area contributed by atoms with Gasteiger partial charge in [0, 0.05) is 21.5 Å². The molecule has 8 aromatic rings. The van der Waals surface area contributed by atoms with Crippen LogP contribution in [0.2, 0.25) is 0 Å². The molecule has 0 fully saturated rings. The molecule has 0 radical (unpaired) electrons. The van der Waals surface area contributed by atoms with Crippen molar-refractivity contribution in [1.82, 2.24) is 4.57 Å². The quantitative estimate of drug-likeness (QED) is 0.199. The maximum Gasteiger partial charge on any atom is 0.0619 e. The van der Waals surface area contributed by atoms with Crippen molar-refractivity contribution in [2.45, 2.75) is 0 Å². The molecule has 45 heavy (non-hydrogen) atoms. The number of benzene rings is 7. The summed E-state index contributed by atoms with van der Waals surface area (Å²) in [7, 11) is 0. The van der Waals surface area contributed by atoms with E-state index in [2.05, 4.69) is 168 Å². The van der Waals surface area contributed by atoms with E-state index in [1.165, 1.54) is 71.3 Å². The highest BCUT2D eigenvalue weighted by Gasteiger charge is 2.18. The molecule has 0 spiro atoms. The first-order valence-electron chi connectivity index (χ1n) is 15.5. The Hall–Kier alpha value is -5.86. The molecule has 2 nitrogen and oxygen atoms in total. The third kappa shape index (κ3) is 4.26. The number of aromatic nitrogens is 1. The fraction of sp³-hybridized carbons (Fsp3) is 0.0233. The van der Waals surface area contributed by atoms with Gasteiger partial charge in [0.05, 0.1) is 16.7 Å². The van der Waals surface area contributed by atoms with Crippen LogP contribution in [0.4, 0.5) is 0 Å². The fourth-order valence-electron chi connectivity index (χ4n) is 6.93. The van der Waals surface area contributed by atoms with Crippen molar-refractivity contribution < 1.29 is 0 Å². The minimum atomic E-state index is 0.732. The zero-order chi connectivity index (χ0) is 29.7. The second-order valence-electron chi connectivity index (χ2n) is 11.7. The Kier molecular flexibility index (Phi) is 5.92. The third-order valence-electron chi connectivity index (χ3n) is 9.13. The summed E-state index contributed by atoms with van der Waals surface area (Å²) >= 11 is 0. The van der Waals surface area contributed by atoms with Crippen LogP contribution in [0.5, 0.6) is 0 Å². The molecule has 1 aliphatic rings. The van der Waals surface area contributed by atoms with Gasteiger partial charge in [0.15, 0.2) is 0 Å². The molecular formula is C43H29N2-. The van der Waals surface area contributed by atoms with Gasteiger partial charge in [-0.2, -0.15) is 0 Å². The maximum absolute atomic E-state index is 4.73. The van der Waals surface area contributed by atoms with E-state index in [4.69, 9.17) is 5.32 Å². The van der Waals surface area contributed by atoms with Crippen LogP contribution < -0.4 is 0 Å². The van der Waals surface area contributed by atoms with Gasteiger partial charge in [-0.3, -0.25) is 0 Å². The summed E-state index contributed by atoms with van der Waals surface area (Å²) < 4.78 is 2.49. The Morgan fingerprint density at radius 1 is 0.467 bits per heavy atom. The van der Waals surface area contributed by atoms with E-state index in [0.717, 1.165) is 17.8 Å². The summed E-state index contributed by atoms with van der Waals surface area (Å²) in [6.45, 7) is 0.732. The molecule has 0 aliphatic carbocycles. The molecule has 1 aliphatic heterocycles. The largest absolute Gasteiger partial charge is 0.681 e. The van der Waals surface area contributed by atoms with E-state index in [1.54, 1.807) is 0 Å². The number of hydrogen-bond acceptors (Lipinski definition) is 0. The van der Waals surface area contributed by atoms with Crippen LogP contribution in [0.15, 0.2) is 164 Å². The molecule has 0 N–H and O–H groups in total. The van der Waals surface area contributed by atoms with Gasteiger partial charge in [0.25, 0.3) is 0 Å². The van der Waals surface area contributed by atoms with E-state index in [9.17, 15) is 0 Å². The van der Waals surface area contributed by atoms with Gasteiger partial charge < -0.3 is 9.88 Å². The minimum Gasteiger partial charge on any atom is -0.681 e. The van der Waals surface area contributed by atoms with Crippen molar-refractivity contribution in [2.24, 2.45) is 0 Å². The Morgan fingerprint density at radius 2 is 1.16 bits per heavy atom. The van der Waals surface area contributed by atoms with Crippen LogP contribution in [-0.4, -0.2) is 11.1 Å². The summed E-state index contributed by atoms with van der Waals surface area (Å²) in [5, 5.41) is 12.2. The normalized spacial score (nSPS) is 13.0. The lowest BCUT2D eigenvalue weighted by atomic mass is 9.99. The predicted molar refractivity (Wildman–Crippen MR) is 192 cm³/mol. The Labute approximate surface area is 262 Å². The molecule has 0 saturated heterocycles. The van der Waals surface area contributed by atoms with E-state index >= 15 is 0 Å². The lowest BCUT2D eigenvalue weighted by molar-refractivity contribution is 1.20. The average Bonchev–Trinajstić information content (AvgIpc) is 3.46. The van der Waals surface area contributed by atoms with Gasteiger partial charge in [-0.1, -0.05) is 140 Å². The third-order valence-corrected chi connectivity index (χ3v) is 9.13. The molecule has 0 atom stereocenters. The Morgan fingerprint density at radius 3 is 2.00 bits per heavy atom. The Balaban J connectivity index is 1.30. The highest BCUT2D eigenvalue weighted by atomic mass is 15.0. The molecule has 0 bridgehead atoms. The van der Waals surface area contributed by atoms with Crippen LogP contribution in [0.3, 0.4) is 0 Å². The van der Waals surface area contributed by atoms with Crippen molar-refractivity contribution in [1.29, 1.82) is 0 Å². The summed E-state index contributed by atoms with van der Waals surface area (Å²) in [5.74, 6) is 0. The van der Waals surface area contributed by atoms with Crippen molar-refractivity contribution in [2.75, 3.05) is 6.54 Å². The zero-order valence-corrected chi connectivity index (χ0v) is 24.7. The molecule has 9 rings (SSSR count). The molecule has 0 amide bonds. The average molecular weight is 574 g/mol. The number of hydrogen-bond donors (Lipinski definition) is 0. The van der Waals surface area contributed by atoms with Gasteiger partial charge in [-0.05, 0) is 56.8 Å². The monoisotopic (exact) mass is 573 g/mol. The summed E-state index contributed by atoms with van der Waals surface area (Å²) in [5.41, 5.74) is 10.7. The lowest BCUT2D eigenvalue weighted by Gasteiger charge is -2.26. The van der Waals surface area contributed by atoms with Crippen molar-refractivity contribution >= 4 is 49.0 Å². The standard InChI is InChI=1S/C43H29N2/c1-2-9-29(10-3-1)30-16-18-31(19-17-30)33-20-24-38-39-25-21-34-27-35(40-14-6-7-26-44-40)22-23-37(34)43(39)45(42(38)28-33)41-15-8-12-32-11-4-5-13-36(32)41/h1-25,27-28H,26H2/q-1. The van der Waals surface area contributed by atoms with Crippen LogP contribution in [0.1, 0.15) is 5.56 Å². The second-order valence-corrected chi connectivity index (χ2v) is 11.7. The first-order valence-corrected chi connectivity index (χ1v) is 15.5. The van der Waals surface area contributed by atoms with Crippen molar-refractivity contribution in [3.63, 3.8) is 0 Å². The first kappa shape index (κ1) is 25.6. The molecule has 2 heterocycles. The number of rotatable bonds is 4. The van der Waals surface area contributed by atoms with Gasteiger partial charge >= 0.3 is 0 Å². The van der Waals surface area contributed by atoms with Crippen LogP contribution in [0.25, 0.3) is 82.3 Å². The second kappa shape index (κ2) is 10.4. The molecule has 212 valence electrons. The van der Waals surface area contributed by atoms with Gasteiger partial charge in [0.1, 0.15) is 0 Å². The van der Waals surface area contributed by atoms with E-state index in [0.29, 0.717) is 0 Å². The van der Waals surface area contributed by atoms with Crippen LogP contribution in [0, 0.1) is 0 Å². The molecular weight excluding hydrogens is 544 g/mol. The van der Waals surface area contributed by atoms with E-state index in [-0.39, 0.29) is 0 Å². The Bertz CT molecular complexity index is 2450. The summed E-state index contributed by atoms with van der Waals surface area (Å²) in [6.07, 6.45) is 6.29. The number of fused-ring (bicyclic) bond motifs is 6. The molecule has 2 heteroatoms. The highest BCUT2D eigenvalue weighted by molar-refractivity contribution is 6.20. The lowest BCUT2D eigenvalue weighted by Crippen LogP contribution is -1.96. The fourth-order valence-corrected chi connectivity index (χ4v) is 6.93.